The van der Waals surface area contributed by atoms with E-state index in [1.54, 1.807) is 13.8 Å². The molecule has 0 aliphatic heterocycles. The molecule has 0 fully saturated rings. The Hall–Kier alpha value is -2.24. The molecule has 0 unspecified atom stereocenters. The van der Waals surface area contributed by atoms with Crippen LogP contribution < -0.4 is 11.1 Å². The number of aryl methyl sites for hydroxylation is 2. The van der Waals surface area contributed by atoms with Crippen LogP contribution in [-0.4, -0.2) is 27.8 Å². The highest BCUT2D eigenvalue weighted by Gasteiger charge is 2.29. The summed E-state index contributed by atoms with van der Waals surface area (Å²) in [6, 6.07) is -0.274. The highest BCUT2D eigenvalue weighted by Crippen LogP contribution is 2.20. The first-order valence-corrected chi connectivity index (χ1v) is 6.54. The molecule has 3 N–H and O–H groups in total. The molecule has 2 rings (SSSR count). The van der Waals surface area contributed by atoms with E-state index in [0.29, 0.717) is 29.8 Å². The third-order valence-corrected chi connectivity index (χ3v) is 3.57. The van der Waals surface area contributed by atoms with Gasteiger partial charge in [0.05, 0.1) is 22.9 Å². The van der Waals surface area contributed by atoms with Crippen LogP contribution in [0.25, 0.3) is 0 Å². The summed E-state index contributed by atoms with van der Waals surface area (Å²) in [5.41, 5.74) is 7.09. The lowest BCUT2D eigenvalue weighted by Crippen LogP contribution is -2.46. The molecular weight excluding hydrogens is 256 g/mol. The van der Waals surface area contributed by atoms with Gasteiger partial charge in [-0.1, -0.05) is 12.2 Å². The predicted molar refractivity (Wildman–Crippen MR) is 73.8 cm³/mol. The Morgan fingerprint density at radius 1 is 1.20 bits per heavy atom. The SMILES string of the molecule is Cc1ncnc(C)c1C(=O)N[C@H]1CC=CC[C@@H]1C(N)=O. The van der Waals surface area contributed by atoms with Crippen molar-refractivity contribution in [2.45, 2.75) is 32.7 Å². The fourth-order valence-electron chi connectivity index (χ4n) is 2.45. The van der Waals surface area contributed by atoms with E-state index in [4.69, 9.17) is 5.73 Å². The van der Waals surface area contributed by atoms with Crippen LogP contribution in [-0.2, 0) is 4.79 Å². The molecule has 1 heterocycles. The number of amides is 2. The Morgan fingerprint density at radius 3 is 2.40 bits per heavy atom. The van der Waals surface area contributed by atoms with E-state index in [-0.39, 0.29) is 17.9 Å². The number of nitrogens with one attached hydrogen (secondary N) is 1. The van der Waals surface area contributed by atoms with E-state index in [1.807, 2.05) is 12.2 Å². The van der Waals surface area contributed by atoms with Crippen molar-refractivity contribution < 1.29 is 9.59 Å². The number of hydrogen-bond acceptors (Lipinski definition) is 4. The Kier molecular flexibility index (Phi) is 4.12. The van der Waals surface area contributed by atoms with Crippen molar-refractivity contribution in [1.29, 1.82) is 0 Å². The number of hydrogen-bond donors (Lipinski definition) is 2. The van der Waals surface area contributed by atoms with Gasteiger partial charge in [0.1, 0.15) is 6.33 Å². The summed E-state index contributed by atoms with van der Waals surface area (Å²) in [6.07, 6.45) is 6.46. The zero-order valence-corrected chi connectivity index (χ0v) is 11.6. The van der Waals surface area contributed by atoms with E-state index >= 15 is 0 Å². The van der Waals surface area contributed by atoms with Crippen LogP contribution >= 0.6 is 0 Å². The minimum Gasteiger partial charge on any atom is -0.369 e. The van der Waals surface area contributed by atoms with Crippen LogP contribution in [0.5, 0.6) is 0 Å². The molecule has 0 radical (unpaired) electrons. The summed E-state index contributed by atoms with van der Waals surface area (Å²) in [6.45, 7) is 3.52. The third kappa shape index (κ3) is 2.84. The van der Waals surface area contributed by atoms with Gasteiger partial charge in [0, 0.05) is 6.04 Å². The van der Waals surface area contributed by atoms with Gasteiger partial charge in [0.25, 0.3) is 5.91 Å². The van der Waals surface area contributed by atoms with Crippen molar-refractivity contribution >= 4 is 11.8 Å². The van der Waals surface area contributed by atoms with E-state index in [9.17, 15) is 9.59 Å². The van der Waals surface area contributed by atoms with Gasteiger partial charge < -0.3 is 11.1 Å². The van der Waals surface area contributed by atoms with Crippen LogP contribution in [0.15, 0.2) is 18.5 Å². The number of rotatable bonds is 3. The molecule has 106 valence electrons. The summed E-state index contributed by atoms with van der Waals surface area (Å²) < 4.78 is 0. The lowest BCUT2D eigenvalue weighted by Gasteiger charge is -2.27. The molecule has 0 saturated heterocycles. The maximum absolute atomic E-state index is 12.4. The van der Waals surface area contributed by atoms with Crippen molar-refractivity contribution in [2.75, 3.05) is 0 Å². The van der Waals surface area contributed by atoms with Gasteiger partial charge in [-0.25, -0.2) is 9.97 Å². The summed E-state index contributed by atoms with van der Waals surface area (Å²) in [7, 11) is 0. The molecule has 0 aromatic carbocycles. The second-order valence-corrected chi connectivity index (χ2v) is 4.95. The van der Waals surface area contributed by atoms with Crippen molar-refractivity contribution in [3.63, 3.8) is 0 Å². The number of allylic oxidation sites excluding steroid dienone is 1. The molecule has 0 spiro atoms. The molecule has 6 heteroatoms. The number of nitrogens with zero attached hydrogens (tertiary/aromatic N) is 2. The molecule has 1 aromatic heterocycles. The van der Waals surface area contributed by atoms with Crippen LogP contribution in [0.1, 0.15) is 34.6 Å². The molecule has 6 nitrogen and oxygen atoms in total. The molecular formula is C14H18N4O2. The largest absolute Gasteiger partial charge is 0.369 e. The van der Waals surface area contributed by atoms with Crippen LogP contribution in [0, 0.1) is 19.8 Å². The average molecular weight is 274 g/mol. The van der Waals surface area contributed by atoms with Crippen LogP contribution in [0.4, 0.5) is 0 Å². The van der Waals surface area contributed by atoms with Gasteiger partial charge in [-0.15, -0.1) is 0 Å². The van der Waals surface area contributed by atoms with E-state index in [2.05, 4.69) is 15.3 Å². The van der Waals surface area contributed by atoms with Gasteiger partial charge in [-0.05, 0) is 26.7 Å². The molecule has 2 atom stereocenters. The summed E-state index contributed by atoms with van der Waals surface area (Å²) >= 11 is 0. The van der Waals surface area contributed by atoms with E-state index in [1.165, 1.54) is 6.33 Å². The average Bonchev–Trinajstić information content (AvgIpc) is 2.38. The Bertz CT molecular complexity index is 548. The van der Waals surface area contributed by atoms with Crippen molar-refractivity contribution in [3.8, 4) is 0 Å². The van der Waals surface area contributed by atoms with E-state index < -0.39 is 5.91 Å². The molecule has 0 bridgehead atoms. The standard InChI is InChI=1S/C14H18N4O2/c1-8-12(9(2)17-7-16-8)14(20)18-11-6-4-3-5-10(11)13(15)19/h3-4,7,10-11H,5-6H2,1-2H3,(H2,15,19)(H,18,20)/t10-,11-/m0/s1. The summed E-state index contributed by atoms with van der Waals surface area (Å²) in [4.78, 5) is 31.8. The lowest BCUT2D eigenvalue weighted by atomic mass is 9.88. The first kappa shape index (κ1) is 14.2. The highest BCUT2D eigenvalue weighted by molar-refractivity contribution is 5.96. The highest BCUT2D eigenvalue weighted by atomic mass is 16.2. The summed E-state index contributed by atoms with van der Waals surface area (Å²) in [5.74, 6) is -1.02. The van der Waals surface area contributed by atoms with Gasteiger partial charge in [-0.3, -0.25) is 9.59 Å². The fourth-order valence-corrected chi connectivity index (χ4v) is 2.45. The van der Waals surface area contributed by atoms with Gasteiger partial charge in [0.15, 0.2) is 0 Å². The fraction of sp³-hybridized carbons (Fsp3) is 0.429. The smallest absolute Gasteiger partial charge is 0.255 e. The van der Waals surface area contributed by atoms with Crippen LogP contribution in [0.2, 0.25) is 0 Å². The quantitative estimate of drug-likeness (QED) is 0.790. The Labute approximate surface area is 117 Å². The topological polar surface area (TPSA) is 98.0 Å². The zero-order chi connectivity index (χ0) is 14.7. The zero-order valence-electron chi connectivity index (χ0n) is 11.6. The maximum atomic E-state index is 12.4. The number of nitrogens with two attached hydrogens (primary N) is 1. The van der Waals surface area contributed by atoms with E-state index in [0.717, 1.165) is 0 Å². The molecule has 0 saturated carbocycles. The second kappa shape index (κ2) is 5.81. The molecule has 1 aromatic rings. The Balaban J connectivity index is 2.19. The first-order valence-electron chi connectivity index (χ1n) is 6.54. The number of carbonyl (C=O) groups excluding carboxylic acids is 2. The van der Waals surface area contributed by atoms with Crippen molar-refractivity contribution in [2.24, 2.45) is 11.7 Å². The first-order chi connectivity index (χ1) is 9.50. The minimum absolute atomic E-state index is 0.257. The van der Waals surface area contributed by atoms with Crippen LogP contribution in [0.3, 0.4) is 0 Å². The van der Waals surface area contributed by atoms with Gasteiger partial charge in [0.2, 0.25) is 5.91 Å². The predicted octanol–water partition coefficient (Wildman–Crippen LogP) is 0.643. The number of aromatic nitrogens is 2. The maximum Gasteiger partial charge on any atom is 0.255 e. The molecule has 1 aliphatic rings. The second-order valence-electron chi connectivity index (χ2n) is 4.95. The normalized spacial score (nSPS) is 21.5. The minimum atomic E-state index is -0.391. The third-order valence-electron chi connectivity index (χ3n) is 3.57. The number of carbonyl (C=O) groups is 2. The van der Waals surface area contributed by atoms with Crippen molar-refractivity contribution in [3.05, 3.63) is 35.4 Å². The Morgan fingerprint density at radius 2 is 1.80 bits per heavy atom. The molecule has 20 heavy (non-hydrogen) atoms. The van der Waals surface area contributed by atoms with Crippen molar-refractivity contribution in [1.82, 2.24) is 15.3 Å². The van der Waals surface area contributed by atoms with Gasteiger partial charge >= 0.3 is 0 Å². The molecule has 2 amide bonds. The molecule has 1 aliphatic carbocycles. The van der Waals surface area contributed by atoms with Gasteiger partial charge in [-0.2, -0.15) is 0 Å². The lowest BCUT2D eigenvalue weighted by molar-refractivity contribution is -0.122. The monoisotopic (exact) mass is 274 g/mol. The number of primary amides is 1. The summed E-state index contributed by atoms with van der Waals surface area (Å²) in [5, 5.41) is 2.88.